The summed E-state index contributed by atoms with van der Waals surface area (Å²) in [7, 11) is -3.39. The highest BCUT2D eigenvalue weighted by molar-refractivity contribution is 7.99. The van der Waals surface area contributed by atoms with Crippen molar-refractivity contribution in [2.24, 2.45) is 0 Å². The molecule has 5 rings (SSSR count). The summed E-state index contributed by atoms with van der Waals surface area (Å²) >= 11 is 0. The molecule has 0 fully saturated rings. The number of rotatable bonds is 8. The highest BCUT2D eigenvalue weighted by Gasteiger charge is 2.59. The fourth-order valence-corrected chi connectivity index (χ4v) is 10.2. The topological polar surface area (TPSA) is 96.0 Å². The highest BCUT2D eigenvalue weighted by Crippen LogP contribution is 2.65. The number of esters is 1. The Bertz CT molecular complexity index is 1640. The van der Waals surface area contributed by atoms with Gasteiger partial charge in [0.2, 0.25) is 0 Å². The molecule has 0 N–H and O–H groups in total. The quantitative estimate of drug-likeness (QED) is 0.112. The van der Waals surface area contributed by atoms with E-state index in [4.69, 9.17) is 9.47 Å². The van der Waals surface area contributed by atoms with E-state index in [2.05, 4.69) is 0 Å². The third-order valence-corrected chi connectivity index (χ3v) is 11.7. The average Bonchev–Trinajstić information content (AvgIpc) is 3.26. The first-order valence-electron chi connectivity index (χ1n) is 15.1. The zero-order valence-electron chi connectivity index (χ0n) is 26.9. The van der Waals surface area contributed by atoms with Crippen LogP contribution in [-0.4, -0.2) is 39.9 Å². The fourth-order valence-electron chi connectivity index (χ4n) is 5.72. The van der Waals surface area contributed by atoms with Crippen LogP contribution in [0.3, 0.4) is 0 Å². The van der Waals surface area contributed by atoms with Crippen molar-refractivity contribution in [3.8, 4) is 0 Å². The Morgan fingerprint density at radius 1 is 0.609 bits per heavy atom. The van der Waals surface area contributed by atoms with E-state index in [9.17, 15) is 19.5 Å². The molecule has 1 heterocycles. The summed E-state index contributed by atoms with van der Waals surface area (Å²) in [5, 5.41) is 17.2. The molecule has 0 radical (unpaired) electrons. The van der Waals surface area contributed by atoms with Gasteiger partial charge in [-0.3, -0.25) is 14.5 Å². The SMILES string of the molecule is CC(C)(C)OC(=O)[C@@H](/C(=C(/[O-])OC(C)(C)C)[P+](c1ccccc1)(c1ccccc1)c1ccccc1)N1C(=O)c2ccccc2C1=O. The Labute approximate surface area is 270 Å². The second kappa shape index (κ2) is 12.6. The van der Waals surface area contributed by atoms with Gasteiger partial charge >= 0.3 is 5.97 Å². The first-order valence-corrected chi connectivity index (χ1v) is 16.9. The van der Waals surface area contributed by atoms with Gasteiger partial charge in [-0.15, -0.1) is 0 Å². The van der Waals surface area contributed by atoms with Crippen molar-refractivity contribution in [3.63, 3.8) is 0 Å². The number of fused-ring (bicyclic) bond motifs is 1. The predicted octanol–water partition coefficient (Wildman–Crippen LogP) is 5.33. The number of ether oxygens (including phenoxy) is 2. The second-order valence-electron chi connectivity index (χ2n) is 13.0. The zero-order valence-corrected chi connectivity index (χ0v) is 27.8. The van der Waals surface area contributed by atoms with Crippen molar-refractivity contribution in [2.45, 2.75) is 58.8 Å². The molecule has 2 amide bonds. The highest BCUT2D eigenvalue weighted by atomic mass is 31.2. The van der Waals surface area contributed by atoms with Crippen LogP contribution in [0.2, 0.25) is 0 Å². The molecule has 46 heavy (non-hydrogen) atoms. The molecule has 0 spiro atoms. The van der Waals surface area contributed by atoms with Crippen LogP contribution < -0.4 is 21.0 Å². The van der Waals surface area contributed by atoms with Crippen LogP contribution in [0, 0.1) is 0 Å². The minimum absolute atomic E-state index is 0.0326. The molecular weight excluding hydrogens is 597 g/mol. The molecular formula is C38H38NO6P. The molecule has 236 valence electrons. The third kappa shape index (κ3) is 6.20. The maximum absolute atomic E-state index is 15.0. The van der Waals surface area contributed by atoms with Crippen molar-refractivity contribution >= 4 is 41.0 Å². The monoisotopic (exact) mass is 635 g/mol. The van der Waals surface area contributed by atoms with E-state index in [1.54, 1.807) is 65.8 Å². The second-order valence-corrected chi connectivity index (χ2v) is 16.4. The number of imide groups is 1. The van der Waals surface area contributed by atoms with Crippen molar-refractivity contribution in [2.75, 3.05) is 0 Å². The number of hydrogen-bond donors (Lipinski definition) is 0. The van der Waals surface area contributed by atoms with Gasteiger partial charge in [0.25, 0.3) is 11.8 Å². The summed E-state index contributed by atoms with van der Waals surface area (Å²) < 4.78 is 12.1. The van der Waals surface area contributed by atoms with Gasteiger partial charge in [-0.2, -0.15) is 0 Å². The molecule has 4 aromatic carbocycles. The van der Waals surface area contributed by atoms with Gasteiger partial charge in [-0.25, -0.2) is 4.79 Å². The van der Waals surface area contributed by atoms with Gasteiger partial charge in [0.1, 0.15) is 34.1 Å². The van der Waals surface area contributed by atoms with Gasteiger partial charge in [-0.05, 0) is 69.3 Å². The maximum atomic E-state index is 15.0. The van der Waals surface area contributed by atoms with Gasteiger partial charge in [0.15, 0.2) is 6.04 Å². The number of carbonyl (C=O) groups excluding carboxylic acids is 3. The zero-order chi connectivity index (χ0) is 33.3. The van der Waals surface area contributed by atoms with Crippen LogP contribution in [0.5, 0.6) is 0 Å². The minimum atomic E-state index is -3.39. The van der Waals surface area contributed by atoms with E-state index in [1.807, 2.05) is 91.0 Å². The van der Waals surface area contributed by atoms with Crippen molar-refractivity contribution in [1.82, 2.24) is 4.90 Å². The van der Waals surface area contributed by atoms with Gasteiger partial charge in [0.05, 0.1) is 17.1 Å². The standard InChI is InChI=1S/C38H38NO6P/c1-37(2,3)44-35(42)31(39-33(40)29-24-16-17-25-30(29)34(39)41)32(36(43)45-38(4,5)6)46(26-18-10-7-11-19-26,27-20-12-8-13-21-27)28-22-14-9-15-23-28/h7-25,31H,1-6H3/b36-32+/t31-/m1/s1. The molecule has 0 saturated heterocycles. The summed E-state index contributed by atoms with van der Waals surface area (Å²) in [5.74, 6) is -3.09. The number of amides is 2. The summed E-state index contributed by atoms with van der Waals surface area (Å²) in [6.45, 7) is 10.3. The Hall–Kier alpha value is -4.74. The van der Waals surface area contributed by atoms with Crippen LogP contribution in [0.15, 0.2) is 127 Å². The lowest BCUT2D eigenvalue weighted by Gasteiger charge is -2.40. The van der Waals surface area contributed by atoms with E-state index in [-0.39, 0.29) is 16.4 Å². The lowest BCUT2D eigenvalue weighted by Crippen LogP contribution is -2.52. The molecule has 1 aliphatic heterocycles. The molecule has 1 atom stereocenters. The lowest BCUT2D eigenvalue weighted by molar-refractivity contribution is -0.370. The van der Waals surface area contributed by atoms with E-state index in [0.717, 1.165) is 20.8 Å². The van der Waals surface area contributed by atoms with Crippen molar-refractivity contribution in [3.05, 3.63) is 138 Å². The van der Waals surface area contributed by atoms with Crippen LogP contribution in [0.4, 0.5) is 0 Å². The molecule has 7 nitrogen and oxygen atoms in total. The first-order chi connectivity index (χ1) is 21.8. The van der Waals surface area contributed by atoms with Gasteiger partial charge in [-0.1, -0.05) is 87.5 Å². The largest absolute Gasteiger partial charge is 0.605 e. The van der Waals surface area contributed by atoms with Crippen molar-refractivity contribution in [1.29, 1.82) is 0 Å². The summed E-state index contributed by atoms with van der Waals surface area (Å²) in [5.41, 5.74) is -1.71. The molecule has 1 aliphatic rings. The van der Waals surface area contributed by atoms with E-state index in [0.29, 0.717) is 0 Å². The molecule has 0 aromatic heterocycles. The third-order valence-electron chi connectivity index (χ3n) is 7.37. The van der Waals surface area contributed by atoms with E-state index < -0.39 is 48.2 Å². The lowest BCUT2D eigenvalue weighted by atomic mass is 10.1. The fraction of sp³-hybridized carbons (Fsp3) is 0.237. The molecule has 4 aromatic rings. The van der Waals surface area contributed by atoms with E-state index in [1.165, 1.54) is 0 Å². The summed E-state index contributed by atoms with van der Waals surface area (Å²) in [6, 6.07) is 32.9. The molecule has 0 bridgehead atoms. The predicted molar refractivity (Wildman–Crippen MR) is 180 cm³/mol. The van der Waals surface area contributed by atoms with Crippen LogP contribution in [-0.2, 0) is 14.3 Å². The Kier molecular flexibility index (Phi) is 8.92. The first kappa shape index (κ1) is 32.6. The van der Waals surface area contributed by atoms with Gasteiger partial charge < -0.3 is 14.6 Å². The van der Waals surface area contributed by atoms with Crippen LogP contribution in [0.1, 0.15) is 62.3 Å². The number of carbonyl (C=O) groups is 3. The Morgan fingerprint density at radius 3 is 1.30 bits per heavy atom. The Balaban J connectivity index is 1.97. The molecule has 0 unspecified atom stereocenters. The van der Waals surface area contributed by atoms with Crippen molar-refractivity contribution < 1.29 is 29.0 Å². The van der Waals surface area contributed by atoms with E-state index >= 15 is 0 Å². The number of benzene rings is 4. The summed E-state index contributed by atoms with van der Waals surface area (Å²) in [6.07, 6.45) is 0. The number of nitrogens with zero attached hydrogens (tertiary/aromatic N) is 1. The smallest absolute Gasteiger partial charge is 0.338 e. The van der Waals surface area contributed by atoms with Gasteiger partial charge in [0, 0.05) is 5.60 Å². The molecule has 0 saturated carbocycles. The number of hydrogen-bond acceptors (Lipinski definition) is 6. The van der Waals surface area contributed by atoms with Crippen LogP contribution in [0.25, 0.3) is 0 Å². The minimum Gasteiger partial charge on any atom is -0.605 e. The normalized spacial score (nSPS) is 14.8. The Morgan fingerprint density at radius 2 is 0.957 bits per heavy atom. The molecule has 8 heteroatoms. The molecule has 0 aliphatic carbocycles. The summed E-state index contributed by atoms with van der Waals surface area (Å²) in [4.78, 5) is 44.0. The average molecular weight is 636 g/mol. The maximum Gasteiger partial charge on any atom is 0.338 e. The van der Waals surface area contributed by atoms with Crippen LogP contribution >= 0.6 is 7.26 Å².